The first-order valence-corrected chi connectivity index (χ1v) is 6.26. The summed E-state index contributed by atoms with van der Waals surface area (Å²) in [6.45, 7) is 1.82. The maximum atomic E-state index is 11.8. The van der Waals surface area contributed by atoms with Gasteiger partial charge in [0.15, 0.2) is 5.82 Å². The van der Waals surface area contributed by atoms with Crippen molar-refractivity contribution in [1.82, 2.24) is 20.2 Å². The Labute approximate surface area is 102 Å². The zero-order valence-corrected chi connectivity index (χ0v) is 10.3. The smallest absolute Gasteiger partial charge is 0.287 e. The molecule has 0 aromatic carbocycles. The molecule has 1 atom stereocenters. The maximum Gasteiger partial charge on any atom is 0.287 e. The molecule has 1 amide bonds. The summed E-state index contributed by atoms with van der Waals surface area (Å²) in [5, 5.41) is 6.38. The monoisotopic (exact) mass is 236 g/mol. The molecule has 1 saturated heterocycles. The molecule has 1 aromatic rings. The normalized spacial score (nSPS) is 20.2. The molecule has 5 nitrogen and oxygen atoms in total. The highest BCUT2D eigenvalue weighted by molar-refractivity contribution is 5.90. The number of rotatable bonds is 4. The number of carbonyl (C=O) groups excluding carboxylic acids is 1. The number of aryl methyl sites for hydroxylation is 1. The summed E-state index contributed by atoms with van der Waals surface area (Å²) in [7, 11) is 1.82. The molecule has 17 heavy (non-hydrogen) atoms. The van der Waals surface area contributed by atoms with Crippen LogP contribution in [0.15, 0.2) is 12.4 Å². The lowest BCUT2D eigenvalue weighted by Crippen LogP contribution is -2.37. The molecule has 2 heterocycles. The number of piperidine rings is 1. The molecule has 1 unspecified atom stereocenters. The molecule has 1 fully saturated rings. The van der Waals surface area contributed by atoms with Gasteiger partial charge < -0.3 is 15.2 Å². The van der Waals surface area contributed by atoms with Gasteiger partial charge in [-0.3, -0.25) is 4.79 Å². The summed E-state index contributed by atoms with van der Waals surface area (Å²) in [6, 6.07) is 0.561. The summed E-state index contributed by atoms with van der Waals surface area (Å²) in [5.74, 6) is 0.384. The first-order chi connectivity index (χ1) is 8.27. The summed E-state index contributed by atoms with van der Waals surface area (Å²) >= 11 is 0. The van der Waals surface area contributed by atoms with Crippen molar-refractivity contribution in [2.24, 2.45) is 7.05 Å². The molecule has 0 radical (unpaired) electrons. The van der Waals surface area contributed by atoms with Gasteiger partial charge in [-0.2, -0.15) is 0 Å². The molecule has 1 aromatic heterocycles. The van der Waals surface area contributed by atoms with Gasteiger partial charge in [-0.05, 0) is 25.8 Å². The molecule has 0 spiro atoms. The molecule has 0 bridgehead atoms. The van der Waals surface area contributed by atoms with Gasteiger partial charge in [-0.1, -0.05) is 6.42 Å². The van der Waals surface area contributed by atoms with Crippen LogP contribution in [0.2, 0.25) is 0 Å². The fraction of sp³-hybridized carbons (Fsp3) is 0.667. The fourth-order valence-corrected chi connectivity index (χ4v) is 2.19. The number of carbonyl (C=O) groups is 1. The van der Waals surface area contributed by atoms with Gasteiger partial charge in [0.1, 0.15) is 0 Å². The number of hydrogen-bond acceptors (Lipinski definition) is 3. The number of aromatic nitrogens is 2. The zero-order valence-electron chi connectivity index (χ0n) is 10.3. The van der Waals surface area contributed by atoms with Crippen LogP contribution >= 0.6 is 0 Å². The molecule has 2 rings (SSSR count). The molecule has 5 heteroatoms. The van der Waals surface area contributed by atoms with Crippen LogP contribution < -0.4 is 10.6 Å². The van der Waals surface area contributed by atoms with E-state index >= 15 is 0 Å². The summed E-state index contributed by atoms with van der Waals surface area (Å²) in [6.07, 6.45) is 8.20. The van der Waals surface area contributed by atoms with E-state index in [-0.39, 0.29) is 5.91 Å². The van der Waals surface area contributed by atoms with Gasteiger partial charge >= 0.3 is 0 Å². The number of nitrogens with zero attached hydrogens (tertiary/aromatic N) is 2. The van der Waals surface area contributed by atoms with E-state index in [0.29, 0.717) is 18.4 Å². The van der Waals surface area contributed by atoms with Crippen molar-refractivity contribution in [2.75, 3.05) is 13.1 Å². The lowest BCUT2D eigenvalue weighted by Gasteiger charge is -2.23. The lowest BCUT2D eigenvalue weighted by atomic mass is 10.0. The molecule has 1 aliphatic rings. The van der Waals surface area contributed by atoms with Crippen LogP contribution in [-0.4, -0.2) is 34.6 Å². The van der Waals surface area contributed by atoms with Crippen molar-refractivity contribution in [3.8, 4) is 0 Å². The molecule has 0 aliphatic carbocycles. The Kier molecular flexibility index (Phi) is 4.14. The fourth-order valence-electron chi connectivity index (χ4n) is 2.19. The molecule has 94 valence electrons. The second kappa shape index (κ2) is 5.82. The molecule has 2 N–H and O–H groups in total. The number of hydrogen-bond donors (Lipinski definition) is 2. The summed E-state index contributed by atoms with van der Waals surface area (Å²) < 4.78 is 1.73. The largest absolute Gasteiger partial charge is 0.349 e. The van der Waals surface area contributed by atoms with Crippen LogP contribution in [0.3, 0.4) is 0 Å². The van der Waals surface area contributed by atoms with Crippen molar-refractivity contribution in [3.05, 3.63) is 18.2 Å². The molecular formula is C12H20N4O. The average molecular weight is 236 g/mol. The Bertz CT molecular complexity index is 368. The van der Waals surface area contributed by atoms with Gasteiger partial charge in [-0.25, -0.2) is 4.98 Å². The predicted molar refractivity (Wildman–Crippen MR) is 65.8 cm³/mol. The van der Waals surface area contributed by atoms with Crippen molar-refractivity contribution in [3.63, 3.8) is 0 Å². The topological polar surface area (TPSA) is 59.0 Å². The summed E-state index contributed by atoms with van der Waals surface area (Å²) in [5.41, 5.74) is 0. The number of amides is 1. The van der Waals surface area contributed by atoms with E-state index in [1.54, 1.807) is 17.0 Å². The highest BCUT2D eigenvalue weighted by Crippen LogP contribution is 2.09. The van der Waals surface area contributed by atoms with Crippen molar-refractivity contribution in [1.29, 1.82) is 0 Å². The van der Waals surface area contributed by atoms with Gasteiger partial charge in [0, 0.05) is 32.0 Å². The zero-order chi connectivity index (χ0) is 12.1. The minimum absolute atomic E-state index is 0.0895. The maximum absolute atomic E-state index is 11.8. The Morgan fingerprint density at radius 2 is 2.53 bits per heavy atom. The number of nitrogens with one attached hydrogen (secondary N) is 2. The highest BCUT2D eigenvalue weighted by atomic mass is 16.2. The average Bonchev–Trinajstić information content (AvgIpc) is 2.77. The Morgan fingerprint density at radius 1 is 1.65 bits per heavy atom. The Morgan fingerprint density at radius 3 is 3.18 bits per heavy atom. The van der Waals surface area contributed by atoms with Crippen LogP contribution in [0.4, 0.5) is 0 Å². The van der Waals surface area contributed by atoms with Crippen molar-refractivity contribution < 1.29 is 4.79 Å². The first kappa shape index (κ1) is 12.1. The quantitative estimate of drug-likeness (QED) is 0.808. The minimum atomic E-state index is -0.0895. The van der Waals surface area contributed by atoms with Gasteiger partial charge in [0.05, 0.1) is 0 Å². The molecular weight excluding hydrogens is 216 g/mol. The SMILES string of the molecule is Cn1ccnc1C(=O)NCCC1CCCCN1. The highest BCUT2D eigenvalue weighted by Gasteiger charge is 2.14. The third kappa shape index (κ3) is 3.30. The van der Waals surface area contributed by atoms with Crippen LogP contribution in [0, 0.1) is 0 Å². The van der Waals surface area contributed by atoms with Crippen molar-refractivity contribution >= 4 is 5.91 Å². The summed E-state index contributed by atoms with van der Waals surface area (Å²) in [4.78, 5) is 15.8. The van der Waals surface area contributed by atoms with E-state index in [9.17, 15) is 4.79 Å². The third-order valence-corrected chi connectivity index (χ3v) is 3.22. The van der Waals surface area contributed by atoms with Crippen LogP contribution in [-0.2, 0) is 7.05 Å². The van der Waals surface area contributed by atoms with Gasteiger partial charge in [-0.15, -0.1) is 0 Å². The van der Waals surface area contributed by atoms with Crippen LogP contribution in [0.25, 0.3) is 0 Å². The van der Waals surface area contributed by atoms with Crippen LogP contribution in [0.5, 0.6) is 0 Å². The second-order valence-corrected chi connectivity index (χ2v) is 4.55. The molecule has 0 saturated carbocycles. The van der Waals surface area contributed by atoms with E-state index in [0.717, 1.165) is 13.0 Å². The van der Waals surface area contributed by atoms with E-state index < -0.39 is 0 Å². The Hall–Kier alpha value is -1.36. The molecule has 1 aliphatic heterocycles. The second-order valence-electron chi connectivity index (χ2n) is 4.55. The van der Waals surface area contributed by atoms with E-state index in [2.05, 4.69) is 15.6 Å². The lowest BCUT2D eigenvalue weighted by molar-refractivity contribution is 0.0938. The standard InChI is InChI=1S/C12H20N4O/c1-16-9-8-14-11(16)12(17)15-7-5-10-4-2-3-6-13-10/h8-10,13H,2-7H2,1H3,(H,15,17). The Balaban J connectivity index is 1.71. The van der Waals surface area contributed by atoms with Crippen LogP contribution in [0.1, 0.15) is 36.3 Å². The minimum Gasteiger partial charge on any atom is -0.349 e. The van der Waals surface area contributed by atoms with E-state index in [1.165, 1.54) is 19.3 Å². The number of imidazole rings is 1. The third-order valence-electron chi connectivity index (χ3n) is 3.22. The van der Waals surface area contributed by atoms with E-state index in [4.69, 9.17) is 0 Å². The first-order valence-electron chi connectivity index (χ1n) is 6.26. The van der Waals surface area contributed by atoms with Crippen molar-refractivity contribution in [2.45, 2.75) is 31.7 Å². The van der Waals surface area contributed by atoms with E-state index in [1.807, 2.05) is 7.05 Å². The van der Waals surface area contributed by atoms with Gasteiger partial charge in [0.25, 0.3) is 5.91 Å². The van der Waals surface area contributed by atoms with Gasteiger partial charge in [0.2, 0.25) is 0 Å². The predicted octanol–water partition coefficient (Wildman–Crippen LogP) is 0.682.